The zero-order valence-electron chi connectivity index (χ0n) is 10.3. The molecule has 1 aromatic heterocycles. The number of hydrogen-bond donors (Lipinski definition) is 1. The van der Waals surface area contributed by atoms with E-state index < -0.39 is 0 Å². The lowest BCUT2D eigenvalue weighted by Gasteiger charge is -2.23. The molecule has 16 heavy (non-hydrogen) atoms. The van der Waals surface area contributed by atoms with Gasteiger partial charge < -0.3 is 5.32 Å². The van der Waals surface area contributed by atoms with Gasteiger partial charge in [0.25, 0.3) is 0 Å². The lowest BCUT2D eigenvalue weighted by atomic mass is 9.86. The smallest absolute Gasteiger partial charge is 0.0303 e. The molecule has 0 radical (unpaired) electrons. The highest BCUT2D eigenvalue weighted by Crippen LogP contribution is 2.27. The molecule has 0 aromatic carbocycles. The number of nitrogens with zero attached hydrogens (tertiary/aromatic N) is 1. The van der Waals surface area contributed by atoms with Gasteiger partial charge in [-0.25, -0.2) is 0 Å². The fourth-order valence-electron chi connectivity index (χ4n) is 2.11. The van der Waals surface area contributed by atoms with Crippen LogP contribution in [0.1, 0.15) is 44.6 Å². The fraction of sp³-hybridized carbons (Fsp3) is 0.643. The van der Waals surface area contributed by atoms with E-state index >= 15 is 0 Å². The van der Waals surface area contributed by atoms with Gasteiger partial charge in [0.15, 0.2) is 0 Å². The van der Waals surface area contributed by atoms with E-state index in [1.807, 2.05) is 18.5 Å². The van der Waals surface area contributed by atoms with Crippen molar-refractivity contribution >= 4 is 0 Å². The van der Waals surface area contributed by atoms with Gasteiger partial charge in [-0.2, -0.15) is 0 Å². The Bertz CT molecular complexity index is 306. The van der Waals surface area contributed by atoms with Crippen LogP contribution in [-0.4, -0.2) is 17.6 Å². The maximum atomic E-state index is 4.24. The van der Waals surface area contributed by atoms with Crippen molar-refractivity contribution < 1.29 is 0 Å². The van der Waals surface area contributed by atoms with E-state index in [4.69, 9.17) is 0 Å². The van der Waals surface area contributed by atoms with Crippen molar-refractivity contribution in [3.63, 3.8) is 0 Å². The minimum Gasteiger partial charge on any atom is -0.313 e. The second-order valence-corrected chi connectivity index (χ2v) is 4.96. The minimum atomic E-state index is 0.610. The first kappa shape index (κ1) is 11.6. The van der Waals surface area contributed by atoms with Gasteiger partial charge in [0.2, 0.25) is 0 Å². The first-order chi connectivity index (χ1) is 7.81. The molecule has 88 valence electrons. The molecule has 2 nitrogen and oxygen atoms in total. The Morgan fingerprint density at radius 1 is 1.50 bits per heavy atom. The Balaban J connectivity index is 2.00. The number of pyridine rings is 1. The van der Waals surface area contributed by atoms with Crippen LogP contribution in [-0.2, 0) is 0 Å². The Hall–Kier alpha value is -0.890. The van der Waals surface area contributed by atoms with Gasteiger partial charge in [0.05, 0.1) is 0 Å². The number of nitrogens with one attached hydrogen (secondary N) is 1. The molecule has 2 rings (SSSR count). The van der Waals surface area contributed by atoms with Crippen molar-refractivity contribution in [1.29, 1.82) is 0 Å². The quantitative estimate of drug-likeness (QED) is 0.794. The Morgan fingerprint density at radius 3 is 2.88 bits per heavy atom. The minimum absolute atomic E-state index is 0.610. The maximum absolute atomic E-state index is 4.24. The standard InChI is InChI=1S/C14H22N2/c1-3-11(2)14(10-16-13-6-7-13)12-5-4-8-15-9-12/h4-5,8-9,11,13-14,16H,3,6-7,10H2,1-2H3. The third-order valence-electron chi connectivity index (χ3n) is 3.65. The van der Waals surface area contributed by atoms with Crippen LogP contribution < -0.4 is 5.32 Å². The summed E-state index contributed by atoms with van der Waals surface area (Å²) in [6.07, 6.45) is 7.82. The van der Waals surface area contributed by atoms with Crippen molar-refractivity contribution in [2.24, 2.45) is 5.92 Å². The number of rotatable bonds is 6. The number of aromatic nitrogens is 1. The molecular weight excluding hydrogens is 196 g/mol. The first-order valence-electron chi connectivity index (χ1n) is 6.44. The summed E-state index contributed by atoms with van der Waals surface area (Å²) in [6.45, 7) is 5.71. The Morgan fingerprint density at radius 2 is 2.31 bits per heavy atom. The molecule has 1 fully saturated rings. The summed E-state index contributed by atoms with van der Waals surface area (Å²) < 4.78 is 0. The van der Waals surface area contributed by atoms with Crippen LogP contribution in [0.4, 0.5) is 0 Å². The van der Waals surface area contributed by atoms with Crippen LogP contribution in [0.2, 0.25) is 0 Å². The van der Waals surface area contributed by atoms with E-state index in [1.165, 1.54) is 24.8 Å². The van der Waals surface area contributed by atoms with Crippen molar-refractivity contribution in [1.82, 2.24) is 10.3 Å². The molecule has 1 heterocycles. The van der Waals surface area contributed by atoms with Crippen LogP contribution in [0.3, 0.4) is 0 Å². The third kappa shape index (κ3) is 3.05. The van der Waals surface area contributed by atoms with E-state index in [2.05, 4.69) is 30.2 Å². The first-order valence-corrected chi connectivity index (χ1v) is 6.44. The largest absolute Gasteiger partial charge is 0.313 e. The van der Waals surface area contributed by atoms with Gasteiger partial charge >= 0.3 is 0 Å². The molecule has 2 heteroatoms. The molecule has 1 aliphatic rings. The molecule has 1 aromatic rings. The monoisotopic (exact) mass is 218 g/mol. The molecule has 0 aliphatic heterocycles. The van der Waals surface area contributed by atoms with E-state index in [-0.39, 0.29) is 0 Å². The molecule has 0 bridgehead atoms. The van der Waals surface area contributed by atoms with Crippen molar-refractivity contribution in [2.75, 3.05) is 6.54 Å². The number of hydrogen-bond acceptors (Lipinski definition) is 2. The lowest BCUT2D eigenvalue weighted by molar-refractivity contribution is 0.419. The molecule has 0 saturated heterocycles. The molecular formula is C14H22N2. The lowest BCUT2D eigenvalue weighted by Crippen LogP contribution is -2.27. The summed E-state index contributed by atoms with van der Waals surface area (Å²) in [5.74, 6) is 1.33. The van der Waals surface area contributed by atoms with Gasteiger partial charge in [-0.3, -0.25) is 4.98 Å². The summed E-state index contributed by atoms with van der Waals surface area (Å²) in [7, 11) is 0. The molecule has 2 unspecified atom stereocenters. The Kier molecular flexibility index (Phi) is 3.94. The average Bonchev–Trinajstić information content (AvgIpc) is 3.14. The maximum Gasteiger partial charge on any atom is 0.0303 e. The van der Waals surface area contributed by atoms with E-state index in [0.717, 1.165) is 18.5 Å². The van der Waals surface area contributed by atoms with Crippen molar-refractivity contribution in [3.05, 3.63) is 30.1 Å². The zero-order chi connectivity index (χ0) is 11.4. The molecule has 2 atom stereocenters. The van der Waals surface area contributed by atoms with Crippen molar-refractivity contribution in [3.8, 4) is 0 Å². The van der Waals surface area contributed by atoms with Gasteiger partial charge in [-0.05, 0) is 30.4 Å². The van der Waals surface area contributed by atoms with Crippen LogP contribution >= 0.6 is 0 Å². The molecule has 0 amide bonds. The van der Waals surface area contributed by atoms with E-state index in [9.17, 15) is 0 Å². The molecule has 0 spiro atoms. The van der Waals surface area contributed by atoms with Crippen LogP contribution in [0.25, 0.3) is 0 Å². The second kappa shape index (κ2) is 5.44. The molecule has 1 N–H and O–H groups in total. The summed E-state index contributed by atoms with van der Waals surface area (Å²) in [5, 5.41) is 3.64. The van der Waals surface area contributed by atoms with Crippen LogP contribution in [0.5, 0.6) is 0 Å². The van der Waals surface area contributed by atoms with Gasteiger partial charge in [0, 0.05) is 30.9 Å². The summed E-state index contributed by atoms with van der Waals surface area (Å²) in [6, 6.07) is 5.04. The van der Waals surface area contributed by atoms with Gasteiger partial charge in [0.1, 0.15) is 0 Å². The van der Waals surface area contributed by atoms with Crippen LogP contribution in [0.15, 0.2) is 24.5 Å². The van der Waals surface area contributed by atoms with Crippen LogP contribution in [0, 0.1) is 5.92 Å². The van der Waals surface area contributed by atoms with E-state index in [0.29, 0.717) is 5.92 Å². The highest BCUT2D eigenvalue weighted by Gasteiger charge is 2.24. The fourth-order valence-corrected chi connectivity index (χ4v) is 2.11. The SMILES string of the molecule is CCC(C)C(CNC1CC1)c1cccnc1. The average molecular weight is 218 g/mol. The highest BCUT2D eigenvalue weighted by molar-refractivity contribution is 5.16. The second-order valence-electron chi connectivity index (χ2n) is 4.96. The zero-order valence-corrected chi connectivity index (χ0v) is 10.3. The van der Waals surface area contributed by atoms with Gasteiger partial charge in [-0.15, -0.1) is 0 Å². The predicted octanol–water partition coefficient (Wildman–Crippen LogP) is 2.96. The molecule has 1 saturated carbocycles. The van der Waals surface area contributed by atoms with Gasteiger partial charge in [-0.1, -0.05) is 26.3 Å². The molecule has 1 aliphatic carbocycles. The summed E-state index contributed by atoms with van der Waals surface area (Å²) in [4.78, 5) is 4.24. The highest BCUT2D eigenvalue weighted by atomic mass is 14.9. The summed E-state index contributed by atoms with van der Waals surface area (Å²) in [5.41, 5.74) is 1.38. The third-order valence-corrected chi connectivity index (χ3v) is 3.65. The van der Waals surface area contributed by atoms with Crippen molar-refractivity contribution in [2.45, 2.75) is 45.1 Å². The topological polar surface area (TPSA) is 24.9 Å². The predicted molar refractivity (Wildman–Crippen MR) is 67.5 cm³/mol. The Labute approximate surface area is 98.5 Å². The van der Waals surface area contributed by atoms with E-state index in [1.54, 1.807) is 0 Å². The normalized spacial score (nSPS) is 19.4. The summed E-state index contributed by atoms with van der Waals surface area (Å²) >= 11 is 0.